The highest BCUT2D eigenvalue weighted by molar-refractivity contribution is 7.71. The molecule has 1 saturated heterocycles. The van der Waals surface area contributed by atoms with Crippen molar-refractivity contribution in [1.29, 1.82) is 0 Å². The van der Waals surface area contributed by atoms with E-state index in [1.165, 1.54) is 19.2 Å². The summed E-state index contributed by atoms with van der Waals surface area (Å²) in [4.78, 5) is 8.96. The minimum atomic E-state index is -3.31. The van der Waals surface area contributed by atoms with Gasteiger partial charge in [0.1, 0.15) is 30.4 Å². The van der Waals surface area contributed by atoms with E-state index in [-0.39, 0.29) is 5.56 Å². The lowest BCUT2D eigenvalue weighted by molar-refractivity contribution is 0.0136. The Hall–Kier alpha value is -2.64. The van der Waals surface area contributed by atoms with Gasteiger partial charge in [0.15, 0.2) is 0 Å². The Kier molecular flexibility index (Phi) is 6.62. The number of benzene rings is 2. The second-order valence-electron chi connectivity index (χ2n) is 8.57. The first-order chi connectivity index (χ1) is 16.0. The van der Waals surface area contributed by atoms with E-state index in [9.17, 15) is 17.7 Å². The quantitative estimate of drug-likeness (QED) is 0.465. The number of nitrogens with zero attached hydrogens (tertiary/aromatic N) is 2. The van der Waals surface area contributed by atoms with E-state index in [2.05, 4.69) is 15.3 Å². The third-order valence-electron chi connectivity index (χ3n) is 6.06. The fourth-order valence-corrected chi connectivity index (χ4v) is 6.71. The number of aromatic nitrogens is 2. The van der Waals surface area contributed by atoms with E-state index >= 15 is 0 Å². The maximum absolute atomic E-state index is 15.0. The molecule has 0 amide bonds. The van der Waals surface area contributed by atoms with Crippen LogP contribution in [0.1, 0.15) is 36.8 Å². The van der Waals surface area contributed by atoms with Crippen molar-refractivity contribution < 1.29 is 27.2 Å². The highest BCUT2D eigenvalue weighted by Crippen LogP contribution is 2.49. The predicted octanol–water partition coefficient (Wildman–Crippen LogP) is 5.39. The average Bonchev–Trinajstić information content (AvgIpc) is 2.77. The third kappa shape index (κ3) is 4.64. The van der Waals surface area contributed by atoms with Gasteiger partial charge >= 0.3 is 0 Å². The molecule has 4 rings (SSSR count). The molecule has 10 heteroatoms. The minimum Gasteiger partial charge on any atom is -0.496 e. The number of ether oxygens (including phenoxy) is 2. The maximum atomic E-state index is 15.0. The van der Waals surface area contributed by atoms with Crippen LogP contribution in [0, 0.1) is 12.7 Å². The zero-order valence-electron chi connectivity index (χ0n) is 19.5. The molecule has 34 heavy (non-hydrogen) atoms. The number of anilines is 1. The van der Waals surface area contributed by atoms with Crippen LogP contribution in [-0.4, -0.2) is 42.6 Å². The maximum Gasteiger partial charge on any atom is 0.273 e. The van der Waals surface area contributed by atoms with Gasteiger partial charge in [0.25, 0.3) is 5.92 Å². The zero-order valence-corrected chi connectivity index (χ0v) is 20.4. The van der Waals surface area contributed by atoms with Crippen molar-refractivity contribution in [3.8, 4) is 5.75 Å². The summed E-state index contributed by atoms with van der Waals surface area (Å²) in [7, 11) is -1.24. The van der Waals surface area contributed by atoms with Gasteiger partial charge in [0, 0.05) is 36.3 Å². The summed E-state index contributed by atoms with van der Waals surface area (Å²) in [5.41, 5.74) is -0.00149. The van der Waals surface area contributed by atoms with Crippen LogP contribution in [0.2, 0.25) is 0 Å². The topological polar surface area (TPSA) is 73.3 Å². The van der Waals surface area contributed by atoms with Crippen molar-refractivity contribution in [3.05, 3.63) is 53.1 Å². The molecule has 0 unspecified atom stereocenters. The fraction of sp³-hybridized carbons (Fsp3) is 0.417. The van der Waals surface area contributed by atoms with Gasteiger partial charge in [0.05, 0.1) is 42.8 Å². The number of halogens is 3. The number of nitrogens with one attached hydrogen (secondary N) is 1. The highest BCUT2D eigenvalue weighted by Gasteiger charge is 2.32. The number of fused-ring (bicyclic) bond motifs is 1. The second kappa shape index (κ2) is 9.19. The molecular weight excluding hydrogens is 466 g/mol. The summed E-state index contributed by atoms with van der Waals surface area (Å²) in [5, 5.41) is 4.33. The van der Waals surface area contributed by atoms with Gasteiger partial charge in [0.2, 0.25) is 0 Å². The largest absolute Gasteiger partial charge is 0.496 e. The molecule has 2 aromatic carbocycles. The molecule has 2 heterocycles. The van der Waals surface area contributed by atoms with E-state index in [4.69, 9.17) is 9.47 Å². The Balaban J connectivity index is 1.80. The molecule has 0 radical (unpaired) electrons. The van der Waals surface area contributed by atoms with Crippen LogP contribution >= 0.6 is 7.14 Å². The smallest absolute Gasteiger partial charge is 0.273 e. The number of aryl methyl sites for hydroxylation is 1. The lowest BCUT2D eigenvalue weighted by Crippen LogP contribution is -2.23. The molecule has 1 aromatic heterocycles. The van der Waals surface area contributed by atoms with Crippen LogP contribution < -0.4 is 15.4 Å². The number of rotatable bonds is 6. The van der Waals surface area contributed by atoms with Crippen LogP contribution in [0.5, 0.6) is 5.75 Å². The van der Waals surface area contributed by atoms with Crippen molar-refractivity contribution in [2.75, 3.05) is 38.0 Å². The normalized spacial score (nSPS) is 16.9. The van der Waals surface area contributed by atoms with Crippen LogP contribution in [-0.2, 0) is 15.2 Å². The van der Waals surface area contributed by atoms with E-state index in [1.807, 2.05) is 0 Å². The molecule has 0 saturated carbocycles. The fourth-order valence-electron chi connectivity index (χ4n) is 4.24. The average molecular weight is 493 g/mol. The number of methoxy groups -OCH3 is 1. The van der Waals surface area contributed by atoms with E-state index in [0.717, 1.165) is 6.07 Å². The molecule has 1 aliphatic heterocycles. The van der Waals surface area contributed by atoms with Gasteiger partial charge < -0.3 is 19.4 Å². The molecule has 1 aliphatic rings. The Morgan fingerprint density at radius 3 is 2.56 bits per heavy atom. The van der Waals surface area contributed by atoms with Gasteiger partial charge in [-0.3, -0.25) is 0 Å². The van der Waals surface area contributed by atoms with Crippen LogP contribution in [0.4, 0.5) is 19.0 Å². The first-order valence-electron chi connectivity index (χ1n) is 11.0. The molecule has 0 bridgehead atoms. The summed E-state index contributed by atoms with van der Waals surface area (Å²) in [5.74, 6) is -2.92. The SMILES string of the molecule is COc1cc2nc(C)nc(N[C@H](C)c3cccc(C(C)(F)F)c3F)c2cc1P1(=O)CCOCC1. The van der Waals surface area contributed by atoms with Gasteiger partial charge in [-0.1, -0.05) is 18.2 Å². The number of hydrogen-bond donors (Lipinski definition) is 1. The lowest BCUT2D eigenvalue weighted by Gasteiger charge is -2.26. The van der Waals surface area contributed by atoms with Crippen molar-refractivity contribution >= 4 is 29.2 Å². The second-order valence-corrected chi connectivity index (χ2v) is 11.7. The molecule has 6 nitrogen and oxygen atoms in total. The van der Waals surface area contributed by atoms with Crippen molar-refractivity contribution in [2.45, 2.75) is 32.7 Å². The van der Waals surface area contributed by atoms with E-state index in [0.29, 0.717) is 66.1 Å². The molecule has 0 aliphatic carbocycles. The molecule has 0 spiro atoms. The minimum absolute atomic E-state index is 0.0920. The first-order valence-corrected chi connectivity index (χ1v) is 13.1. The molecule has 1 fully saturated rings. The highest BCUT2D eigenvalue weighted by atomic mass is 31.2. The van der Waals surface area contributed by atoms with E-state index in [1.54, 1.807) is 26.0 Å². The molecule has 182 valence electrons. The summed E-state index contributed by atoms with van der Waals surface area (Å²) in [6.07, 6.45) is 0.813. The van der Waals surface area contributed by atoms with Gasteiger partial charge in [-0.15, -0.1) is 0 Å². The predicted molar refractivity (Wildman–Crippen MR) is 127 cm³/mol. The summed E-state index contributed by atoms with van der Waals surface area (Å²) >= 11 is 0. The van der Waals surface area contributed by atoms with Crippen LogP contribution in [0.25, 0.3) is 10.9 Å². The Morgan fingerprint density at radius 1 is 1.21 bits per heavy atom. The van der Waals surface area contributed by atoms with Crippen molar-refractivity contribution in [3.63, 3.8) is 0 Å². The molecule has 3 aromatic rings. The Labute approximate surface area is 196 Å². The lowest BCUT2D eigenvalue weighted by atomic mass is 10.0. The van der Waals surface area contributed by atoms with Crippen molar-refractivity contribution in [2.24, 2.45) is 0 Å². The Bertz CT molecular complexity index is 1270. The van der Waals surface area contributed by atoms with Gasteiger partial charge in [-0.05, 0) is 19.9 Å². The summed E-state index contributed by atoms with van der Waals surface area (Å²) in [6, 6.07) is 6.77. The molecule has 1 atom stereocenters. The number of alkyl halides is 2. The Morgan fingerprint density at radius 2 is 1.91 bits per heavy atom. The van der Waals surface area contributed by atoms with E-state index < -0.39 is 30.5 Å². The molecule has 1 N–H and O–H groups in total. The van der Waals surface area contributed by atoms with Gasteiger partial charge in [-0.2, -0.15) is 0 Å². The third-order valence-corrected chi connectivity index (χ3v) is 9.10. The monoisotopic (exact) mass is 493 g/mol. The zero-order chi connectivity index (χ0) is 24.7. The first kappa shape index (κ1) is 24.5. The standard InChI is InChI=1S/C24H27F3N3O3P/c1-14(16-6-5-7-18(22(16)25)24(3,26)27)28-23-17-12-21(34(31)10-8-33-9-11-34)20(32-4)13-19(17)29-15(2)30-23/h5-7,12-14H,8-11H2,1-4H3,(H,28,29,30)/t14-/m1/s1. The summed E-state index contributed by atoms with van der Waals surface area (Å²) < 4.78 is 67.3. The van der Waals surface area contributed by atoms with Crippen molar-refractivity contribution in [1.82, 2.24) is 9.97 Å². The van der Waals surface area contributed by atoms with Crippen LogP contribution in [0.15, 0.2) is 30.3 Å². The molecular formula is C24H27F3N3O3P. The number of hydrogen-bond acceptors (Lipinski definition) is 6. The van der Waals surface area contributed by atoms with Crippen LogP contribution in [0.3, 0.4) is 0 Å². The van der Waals surface area contributed by atoms with Gasteiger partial charge in [-0.25, -0.2) is 23.1 Å². The summed E-state index contributed by atoms with van der Waals surface area (Å²) in [6.45, 7) is 4.87.